The number of carbonyl (C=O) groups is 1. The number of carbonyl (C=O) groups excluding carboxylic acids is 1. The van der Waals surface area contributed by atoms with Gasteiger partial charge in [-0.3, -0.25) is 4.79 Å². The van der Waals surface area contributed by atoms with E-state index in [0.717, 1.165) is 44.6 Å². The third-order valence-corrected chi connectivity index (χ3v) is 4.51. The van der Waals surface area contributed by atoms with E-state index < -0.39 is 23.5 Å². The molecule has 1 N–H and O–H groups in total. The number of nitrogens with zero attached hydrogens (tertiary/aromatic N) is 1. The third kappa shape index (κ3) is 2.95. The Balaban J connectivity index is 1.73. The van der Waals surface area contributed by atoms with Gasteiger partial charge in [-0.1, -0.05) is 0 Å². The minimum atomic E-state index is -4.62. The lowest BCUT2D eigenvalue weighted by molar-refractivity contribution is -0.137. The smallest absolute Gasteiger partial charge is 0.348 e. The van der Waals surface area contributed by atoms with Crippen LogP contribution in [0.15, 0.2) is 18.2 Å². The lowest BCUT2D eigenvalue weighted by Gasteiger charge is -2.44. The number of halogens is 4. The number of nitrogens with one attached hydrogen (secondary N) is 1. The van der Waals surface area contributed by atoms with Crippen LogP contribution in [0.5, 0.6) is 0 Å². The molecule has 7 heteroatoms. The zero-order valence-corrected chi connectivity index (χ0v) is 11.8. The number of hydrogen-bond donors (Lipinski definition) is 1. The zero-order chi connectivity index (χ0) is 15.9. The number of fused-ring (bicyclic) bond motifs is 3. The number of benzene rings is 1. The van der Waals surface area contributed by atoms with E-state index in [4.69, 9.17) is 0 Å². The summed E-state index contributed by atoms with van der Waals surface area (Å²) in [7, 11) is 0. The standard InChI is InChI=1S/C15H16F4N2O/c16-12-7-10(15(17,18)19)1-2-11(12)14(22)20-13-8-21-5-3-9(13)4-6-21/h1-2,7,9,13H,3-6,8H2,(H,20,22)/t13-/m1/s1. The van der Waals surface area contributed by atoms with Crippen LogP contribution in [0.25, 0.3) is 0 Å². The molecule has 3 saturated heterocycles. The van der Waals surface area contributed by atoms with Crippen LogP contribution in [0.2, 0.25) is 0 Å². The first-order valence-corrected chi connectivity index (χ1v) is 7.24. The van der Waals surface area contributed by atoms with Gasteiger partial charge in [0.1, 0.15) is 5.82 Å². The molecule has 3 aliphatic heterocycles. The van der Waals surface area contributed by atoms with Crippen molar-refractivity contribution in [2.24, 2.45) is 5.92 Å². The Labute approximate surface area is 125 Å². The molecule has 1 aromatic rings. The summed E-state index contributed by atoms with van der Waals surface area (Å²) >= 11 is 0. The summed E-state index contributed by atoms with van der Waals surface area (Å²) in [4.78, 5) is 14.4. The molecule has 1 atom stereocenters. The Kier molecular flexibility index (Phi) is 3.84. The predicted octanol–water partition coefficient (Wildman–Crippen LogP) is 2.67. The normalized spacial score (nSPS) is 27.7. The second-order valence-corrected chi connectivity index (χ2v) is 5.91. The van der Waals surface area contributed by atoms with E-state index >= 15 is 0 Å². The first-order valence-electron chi connectivity index (χ1n) is 7.24. The highest BCUT2D eigenvalue weighted by Gasteiger charge is 2.36. The first kappa shape index (κ1) is 15.3. The van der Waals surface area contributed by atoms with Crippen LogP contribution >= 0.6 is 0 Å². The average molecular weight is 316 g/mol. The van der Waals surface area contributed by atoms with Gasteiger partial charge < -0.3 is 10.2 Å². The molecule has 2 bridgehead atoms. The van der Waals surface area contributed by atoms with Crippen molar-refractivity contribution < 1.29 is 22.4 Å². The zero-order valence-electron chi connectivity index (χ0n) is 11.8. The van der Waals surface area contributed by atoms with E-state index in [-0.39, 0.29) is 11.6 Å². The topological polar surface area (TPSA) is 32.3 Å². The van der Waals surface area contributed by atoms with E-state index in [0.29, 0.717) is 12.0 Å². The van der Waals surface area contributed by atoms with Crippen molar-refractivity contribution in [2.75, 3.05) is 19.6 Å². The van der Waals surface area contributed by atoms with Gasteiger partial charge >= 0.3 is 6.18 Å². The van der Waals surface area contributed by atoms with Gasteiger partial charge in [-0.2, -0.15) is 13.2 Å². The van der Waals surface area contributed by atoms with Gasteiger partial charge in [-0.15, -0.1) is 0 Å². The second-order valence-electron chi connectivity index (χ2n) is 5.91. The van der Waals surface area contributed by atoms with Crippen molar-refractivity contribution in [1.29, 1.82) is 0 Å². The summed E-state index contributed by atoms with van der Waals surface area (Å²) in [5, 5.41) is 2.76. The second kappa shape index (κ2) is 5.53. The summed E-state index contributed by atoms with van der Waals surface area (Å²) in [6.45, 7) is 2.73. The van der Waals surface area contributed by atoms with Gasteiger partial charge in [-0.05, 0) is 50.0 Å². The molecular weight excluding hydrogens is 300 g/mol. The molecule has 4 rings (SSSR count). The molecule has 3 heterocycles. The highest BCUT2D eigenvalue weighted by atomic mass is 19.4. The largest absolute Gasteiger partial charge is 0.416 e. The Hall–Kier alpha value is -1.63. The molecular formula is C15H16F4N2O. The molecule has 0 unspecified atom stereocenters. The maximum atomic E-state index is 13.8. The van der Waals surface area contributed by atoms with Crippen molar-refractivity contribution in [3.63, 3.8) is 0 Å². The quantitative estimate of drug-likeness (QED) is 0.851. The van der Waals surface area contributed by atoms with Gasteiger partial charge in [0, 0.05) is 12.6 Å². The maximum absolute atomic E-state index is 13.8. The number of piperidine rings is 3. The Morgan fingerprint density at radius 2 is 1.91 bits per heavy atom. The summed E-state index contributed by atoms with van der Waals surface area (Å²) in [5.74, 6) is -1.43. The van der Waals surface area contributed by atoms with Crippen molar-refractivity contribution in [2.45, 2.75) is 25.1 Å². The number of alkyl halides is 3. The van der Waals surface area contributed by atoms with E-state index in [1.54, 1.807) is 0 Å². The Morgan fingerprint density at radius 1 is 1.23 bits per heavy atom. The van der Waals surface area contributed by atoms with Crippen LogP contribution in [0, 0.1) is 11.7 Å². The van der Waals surface area contributed by atoms with Crippen LogP contribution in [0.4, 0.5) is 17.6 Å². The van der Waals surface area contributed by atoms with Crippen molar-refractivity contribution in [3.05, 3.63) is 35.1 Å². The minimum absolute atomic E-state index is 0.0586. The molecule has 0 saturated carbocycles. The van der Waals surface area contributed by atoms with Crippen molar-refractivity contribution in [1.82, 2.24) is 10.2 Å². The lowest BCUT2D eigenvalue weighted by Crippen LogP contribution is -2.57. The fraction of sp³-hybridized carbons (Fsp3) is 0.533. The van der Waals surface area contributed by atoms with Gasteiger partial charge in [0.2, 0.25) is 0 Å². The summed E-state index contributed by atoms with van der Waals surface area (Å²) in [5.41, 5.74) is -1.44. The third-order valence-electron chi connectivity index (χ3n) is 4.51. The Morgan fingerprint density at radius 3 is 2.41 bits per heavy atom. The van der Waals surface area contributed by atoms with Crippen LogP contribution in [0.1, 0.15) is 28.8 Å². The van der Waals surface area contributed by atoms with Crippen LogP contribution < -0.4 is 5.32 Å². The molecule has 120 valence electrons. The number of rotatable bonds is 2. The number of amides is 1. The molecule has 22 heavy (non-hydrogen) atoms. The average Bonchev–Trinajstić information content (AvgIpc) is 2.47. The van der Waals surface area contributed by atoms with E-state index in [1.807, 2.05) is 0 Å². The lowest BCUT2D eigenvalue weighted by atomic mass is 9.84. The van der Waals surface area contributed by atoms with Gasteiger partial charge in [-0.25, -0.2) is 4.39 Å². The number of hydrogen-bond acceptors (Lipinski definition) is 2. The monoisotopic (exact) mass is 316 g/mol. The highest BCUT2D eigenvalue weighted by Crippen LogP contribution is 2.31. The first-order chi connectivity index (χ1) is 10.3. The van der Waals surface area contributed by atoms with Gasteiger partial charge in [0.25, 0.3) is 5.91 Å². The van der Waals surface area contributed by atoms with Crippen LogP contribution in [-0.2, 0) is 6.18 Å². The molecule has 3 nitrogen and oxygen atoms in total. The van der Waals surface area contributed by atoms with Gasteiger partial charge in [0.15, 0.2) is 0 Å². The SMILES string of the molecule is O=C(N[C@@H]1CN2CCC1CC2)c1ccc(C(F)(F)F)cc1F. The fourth-order valence-electron chi connectivity index (χ4n) is 3.25. The highest BCUT2D eigenvalue weighted by molar-refractivity contribution is 5.94. The van der Waals surface area contributed by atoms with E-state index in [2.05, 4.69) is 10.2 Å². The fourth-order valence-corrected chi connectivity index (χ4v) is 3.25. The molecule has 1 aromatic carbocycles. The molecule has 3 fully saturated rings. The van der Waals surface area contributed by atoms with E-state index in [1.165, 1.54) is 0 Å². The van der Waals surface area contributed by atoms with Crippen molar-refractivity contribution in [3.8, 4) is 0 Å². The molecule has 1 amide bonds. The van der Waals surface area contributed by atoms with Crippen molar-refractivity contribution >= 4 is 5.91 Å². The van der Waals surface area contributed by atoms with Crippen LogP contribution in [0.3, 0.4) is 0 Å². The molecule has 0 aliphatic carbocycles. The molecule has 0 aromatic heterocycles. The predicted molar refractivity (Wildman–Crippen MR) is 71.8 cm³/mol. The summed E-state index contributed by atoms with van der Waals surface area (Å²) in [6, 6.07) is 1.94. The minimum Gasteiger partial charge on any atom is -0.348 e. The molecule has 0 spiro atoms. The Bertz CT molecular complexity index is 579. The van der Waals surface area contributed by atoms with Gasteiger partial charge in [0.05, 0.1) is 11.1 Å². The summed E-state index contributed by atoms with van der Waals surface area (Å²) in [6.07, 6.45) is -2.65. The molecule has 0 radical (unpaired) electrons. The maximum Gasteiger partial charge on any atom is 0.416 e. The van der Waals surface area contributed by atoms with E-state index in [9.17, 15) is 22.4 Å². The molecule has 3 aliphatic rings. The summed E-state index contributed by atoms with van der Waals surface area (Å²) < 4.78 is 51.3. The van der Waals surface area contributed by atoms with Crippen LogP contribution in [-0.4, -0.2) is 36.5 Å².